The Bertz CT molecular complexity index is 329. The minimum absolute atomic E-state index is 0.472. The lowest BCUT2D eigenvalue weighted by Crippen LogP contribution is -2.30. The summed E-state index contributed by atoms with van der Waals surface area (Å²) < 4.78 is 0. The summed E-state index contributed by atoms with van der Waals surface area (Å²) in [5, 5.41) is 3.75. The Hall–Kier alpha value is -0.820. The van der Waals surface area contributed by atoms with E-state index in [4.69, 9.17) is 0 Å². The number of benzene rings is 1. The van der Waals surface area contributed by atoms with Crippen LogP contribution in [0.3, 0.4) is 0 Å². The molecule has 2 rings (SSSR count). The van der Waals surface area contributed by atoms with Gasteiger partial charge in [-0.1, -0.05) is 44.2 Å². The molecule has 1 aromatic carbocycles. The van der Waals surface area contributed by atoms with Gasteiger partial charge in [0.1, 0.15) is 0 Å². The molecule has 0 heterocycles. The summed E-state index contributed by atoms with van der Waals surface area (Å²) in [6, 6.07) is 11.9. The van der Waals surface area contributed by atoms with Crippen LogP contribution in [0.2, 0.25) is 0 Å². The van der Waals surface area contributed by atoms with Crippen LogP contribution >= 0.6 is 0 Å². The maximum absolute atomic E-state index is 3.75. The minimum atomic E-state index is 0.472. The Morgan fingerprint density at radius 2 is 1.94 bits per heavy atom. The summed E-state index contributed by atoms with van der Waals surface area (Å²) in [7, 11) is 0. The van der Waals surface area contributed by atoms with Gasteiger partial charge in [-0.25, -0.2) is 0 Å². The molecule has 0 amide bonds. The van der Waals surface area contributed by atoms with Crippen LogP contribution in [0, 0.1) is 5.41 Å². The molecular formula is C15H23N. The number of hydrogen-bond donors (Lipinski definition) is 1. The number of hydrogen-bond acceptors (Lipinski definition) is 1. The molecule has 0 aliphatic heterocycles. The normalized spacial score (nSPS) is 25.6. The summed E-state index contributed by atoms with van der Waals surface area (Å²) in [4.78, 5) is 0. The van der Waals surface area contributed by atoms with Crippen LogP contribution in [0.4, 0.5) is 0 Å². The molecule has 2 atom stereocenters. The average Bonchev–Trinajstić information content (AvgIpc) is 2.59. The Kier molecular flexibility index (Phi) is 3.34. The standard InChI is InChI=1S/C15H23N/c1-12(13-7-5-4-6-8-13)16-14-9-10-15(2,3)11-14/h4-8,12,14,16H,9-11H2,1-3H3. The van der Waals surface area contributed by atoms with E-state index in [1.54, 1.807) is 0 Å². The fourth-order valence-electron chi connectivity index (χ4n) is 2.77. The van der Waals surface area contributed by atoms with Gasteiger partial charge in [-0.05, 0) is 37.2 Å². The number of nitrogens with one attached hydrogen (secondary N) is 1. The van der Waals surface area contributed by atoms with Crippen LogP contribution in [-0.2, 0) is 0 Å². The SMILES string of the molecule is CC(NC1CCC(C)(C)C1)c1ccccc1. The Balaban J connectivity index is 1.91. The van der Waals surface area contributed by atoms with Gasteiger partial charge < -0.3 is 5.32 Å². The van der Waals surface area contributed by atoms with E-state index in [9.17, 15) is 0 Å². The summed E-state index contributed by atoms with van der Waals surface area (Å²) in [5.41, 5.74) is 1.93. The van der Waals surface area contributed by atoms with E-state index in [2.05, 4.69) is 56.4 Å². The van der Waals surface area contributed by atoms with Crippen molar-refractivity contribution >= 4 is 0 Å². The molecular weight excluding hydrogens is 194 g/mol. The van der Waals surface area contributed by atoms with E-state index >= 15 is 0 Å². The molecule has 0 bridgehead atoms. The molecule has 88 valence electrons. The second-order valence-electron chi connectivity index (χ2n) is 5.90. The highest BCUT2D eigenvalue weighted by Gasteiger charge is 2.31. The predicted octanol–water partition coefficient (Wildman–Crippen LogP) is 3.92. The van der Waals surface area contributed by atoms with Gasteiger partial charge in [-0.3, -0.25) is 0 Å². The van der Waals surface area contributed by atoms with Gasteiger partial charge in [0.15, 0.2) is 0 Å². The Morgan fingerprint density at radius 1 is 1.25 bits per heavy atom. The second-order valence-corrected chi connectivity index (χ2v) is 5.90. The van der Waals surface area contributed by atoms with Gasteiger partial charge in [0.25, 0.3) is 0 Å². The van der Waals surface area contributed by atoms with Crippen molar-refractivity contribution in [1.82, 2.24) is 5.32 Å². The summed E-state index contributed by atoms with van der Waals surface area (Å²) >= 11 is 0. The van der Waals surface area contributed by atoms with Crippen LogP contribution in [0.15, 0.2) is 30.3 Å². The maximum Gasteiger partial charge on any atom is 0.0294 e. The first-order chi connectivity index (χ1) is 7.57. The van der Waals surface area contributed by atoms with E-state index in [0.29, 0.717) is 17.5 Å². The second kappa shape index (κ2) is 4.58. The molecule has 1 nitrogen and oxygen atoms in total. The van der Waals surface area contributed by atoms with Crippen molar-refractivity contribution in [1.29, 1.82) is 0 Å². The molecule has 1 N–H and O–H groups in total. The first-order valence-corrected chi connectivity index (χ1v) is 6.38. The zero-order valence-corrected chi connectivity index (χ0v) is 10.7. The molecule has 1 fully saturated rings. The molecule has 1 aromatic rings. The molecule has 0 aromatic heterocycles. The smallest absolute Gasteiger partial charge is 0.0294 e. The molecule has 16 heavy (non-hydrogen) atoms. The minimum Gasteiger partial charge on any atom is -0.307 e. The molecule has 2 unspecified atom stereocenters. The first-order valence-electron chi connectivity index (χ1n) is 6.38. The highest BCUT2D eigenvalue weighted by Crippen LogP contribution is 2.37. The molecule has 0 spiro atoms. The lowest BCUT2D eigenvalue weighted by atomic mass is 9.91. The highest BCUT2D eigenvalue weighted by molar-refractivity contribution is 5.18. The van der Waals surface area contributed by atoms with Crippen LogP contribution in [0.25, 0.3) is 0 Å². The fourth-order valence-corrected chi connectivity index (χ4v) is 2.77. The van der Waals surface area contributed by atoms with Crippen molar-refractivity contribution in [2.75, 3.05) is 0 Å². The van der Waals surface area contributed by atoms with E-state index in [1.807, 2.05) is 0 Å². The Labute approximate surface area is 99.3 Å². The molecule has 0 saturated heterocycles. The highest BCUT2D eigenvalue weighted by atomic mass is 15.0. The van der Waals surface area contributed by atoms with Crippen molar-refractivity contribution < 1.29 is 0 Å². The zero-order chi connectivity index (χ0) is 11.6. The topological polar surface area (TPSA) is 12.0 Å². The molecule has 0 radical (unpaired) electrons. The largest absolute Gasteiger partial charge is 0.307 e. The third-order valence-corrected chi connectivity index (χ3v) is 3.75. The van der Waals surface area contributed by atoms with Gasteiger partial charge in [-0.2, -0.15) is 0 Å². The zero-order valence-electron chi connectivity index (χ0n) is 10.7. The Morgan fingerprint density at radius 3 is 2.50 bits per heavy atom. The van der Waals surface area contributed by atoms with Gasteiger partial charge in [0, 0.05) is 12.1 Å². The van der Waals surface area contributed by atoms with Gasteiger partial charge in [-0.15, -0.1) is 0 Å². The monoisotopic (exact) mass is 217 g/mol. The summed E-state index contributed by atoms with van der Waals surface area (Å²) in [5.74, 6) is 0. The third-order valence-electron chi connectivity index (χ3n) is 3.75. The summed E-state index contributed by atoms with van der Waals surface area (Å²) in [6.07, 6.45) is 3.99. The average molecular weight is 217 g/mol. The molecule has 1 saturated carbocycles. The van der Waals surface area contributed by atoms with E-state index in [0.717, 1.165) is 0 Å². The lowest BCUT2D eigenvalue weighted by Gasteiger charge is -2.22. The van der Waals surface area contributed by atoms with Crippen LogP contribution in [0.1, 0.15) is 51.6 Å². The van der Waals surface area contributed by atoms with Crippen molar-refractivity contribution in [2.24, 2.45) is 5.41 Å². The molecule has 1 heteroatoms. The third kappa shape index (κ3) is 2.85. The quantitative estimate of drug-likeness (QED) is 0.809. The van der Waals surface area contributed by atoms with Crippen LogP contribution < -0.4 is 5.32 Å². The van der Waals surface area contributed by atoms with Crippen LogP contribution in [0.5, 0.6) is 0 Å². The van der Waals surface area contributed by atoms with Gasteiger partial charge >= 0.3 is 0 Å². The van der Waals surface area contributed by atoms with E-state index < -0.39 is 0 Å². The van der Waals surface area contributed by atoms with Crippen molar-refractivity contribution in [3.8, 4) is 0 Å². The van der Waals surface area contributed by atoms with E-state index in [1.165, 1.54) is 24.8 Å². The van der Waals surface area contributed by atoms with E-state index in [-0.39, 0.29) is 0 Å². The predicted molar refractivity (Wildman–Crippen MR) is 69.4 cm³/mol. The lowest BCUT2D eigenvalue weighted by molar-refractivity contribution is 0.356. The fraction of sp³-hybridized carbons (Fsp3) is 0.600. The van der Waals surface area contributed by atoms with Crippen molar-refractivity contribution in [3.63, 3.8) is 0 Å². The summed E-state index contributed by atoms with van der Waals surface area (Å²) in [6.45, 7) is 7.02. The van der Waals surface area contributed by atoms with Crippen LogP contribution in [-0.4, -0.2) is 6.04 Å². The number of rotatable bonds is 3. The first kappa shape index (κ1) is 11.7. The molecule has 1 aliphatic rings. The van der Waals surface area contributed by atoms with Gasteiger partial charge in [0.05, 0.1) is 0 Å². The van der Waals surface area contributed by atoms with Crippen molar-refractivity contribution in [3.05, 3.63) is 35.9 Å². The van der Waals surface area contributed by atoms with Crippen molar-refractivity contribution in [2.45, 2.75) is 52.1 Å². The van der Waals surface area contributed by atoms with Gasteiger partial charge in [0.2, 0.25) is 0 Å². The molecule has 1 aliphatic carbocycles. The maximum atomic E-state index is 3.75.